The molecular formula is C11H12ClFO. The Bertz CT molecular complexity index is 342. The molecule has 0 unspecified atom stereocenters. The molecule has 2 rings (SSSR count). The van der Waals surface area contributed by atoms with E-state index in [2.05, 4.69) is 0 Å². The first-order valence-electron chi connectivity index (χ1n) is 4.74. The number of halogens is 2. The zero-order valence-electron chi connectivity index (χ0n) is 7.76. The summed E-state index contributed by atoms with van der Waals surface area (Å²) >= 11 is 5.67. The highest BCUT2D eigenvalue weighted by Crippen LogP contribution is 2.44. The van der Waals surface area contributed by atoms with Crippen LogP contribution < -0.4 is 0 Å². The summed E-state index contributed by atoms with van der Waals surface area (Å²) in [7, 11) is 0. The zero-order valence-corrected chi connectivity index (χ0v) is 8.52. The molecule has 1 aromatic carbocycles. The second kappa shape index (κ2) is 3.52. The van der Waals surface area contributed by atoms with E-state index in [1.165, 1.54) is 6.07 Å². The van der Waals surface area contributed by atoms with Crippen molar-refractivity contribution in [2.75, 3.05) is 6.61 Å². The van der Waals surface area contributed by atoms with Gasteiger partial charge in [-0.1, -0.05) is 24.1 Å². The van der Waals surface area contributed by atoms with Gasteiger partial charge >= 0.3 is 0 Å². The molecule has 1 aliphatic carbocycles. The average Bonchev–Trinajstić information content (AvgIpc) is 2.07. The third-order valence-corrected chi connectivity index (χ3v) is 3.35. The van der Waals surface area contributed by atoms with E-state index in [0.29, 0.717) is 10.6 Å². The van der Waals surface area contributed by atoms with Gasteiger partial charge in [0.1, 0.15) is 5.82 Å². The molecule has 1 nitrogen and oxygen atoms in total. The first kappa shape index (κ1) is 9.94. The molecule has 0 spiro atoms. The second-order valence-electron chi connectivity index (χ2n) is 3.92. The van der Waals surface area contributed by atoms with Gasteiger partial charge in [0.15, 0.2) is 0 Å². The topological polar surface area (TPSA) is 20.2 Å². The Morgan fingerprint density at radius 2 is 2.14 bits per heavy atom. The summed E-state index contributed by atoms with van der Waals surface area (Å²) in [5.74, 6) is -0.300. The Kier molecular flexibility index (Phi) is 2.50. The highest BCUT2D eigenvalue weighted by molar-refractivity contribution is 6.30. The predicted molar refractivity (Wildman–Crippen MR) is 54.0 cm³/mol. The lowest BCUT2D eigenvalue weighted by atomic mass is 9.65. The average molecular weight is 215 g/mol. The number of aliphatic hydroxyl groups is 1. The van der Waals surface area contributed by atoms with E-state index in [4.69, 9.17) is 11.6 Å². The number of hydrogen-bond donors (Lipinski definition) is 1. The van der Waals surface area contributed by atoms with Crippen molar-refractivity contribution >= 4 is 11.6 Å². The molecule has 1 N–H and O–H groups in total. The van der Waals surface area contributed by atoms with Crippen molar-refractivity contribution in [3.63, 3.8) is 0 Å². The lowest BCUT2D eigenvalue weighted by Crippen LogP contribution is -2.38. The van der Waals surface area contributed by atoms with E-state index < -0.39 is 0 Å². The minimum atomic E-state index is -0.339. The monoisotopic (exact) mass is 214 g/mol. The molecule has 14 heavy (non-hydrogen) atoms. The van der Waals surface area contributed by atoms with Crippen molar-refractivity contribution in [2.45, 2.75) is 24.7 Å². The summed E-state index contributed by atoms with van der Waals surface area (Å²) < 4.78 is 13.6. The maximum Gasteiger partial charge on any atom is 0.128 e. The van der Waals surface area contributed by atoms with Crippen molar-refractivity contribution in [2.24, 2.45) is 0 Å². The minimum absolute atomic E-state index is 0.0194. The van der Waals surface area contributed by atoms with Crippen molar-refractivity contribution in [1.82, 2.24) is 0 Å². The molecule has 0 aliphatic heterocycles. The summed E-state index contributed by atoms with van der Waals surface area (Å²) in [5, 5.41) is 9.69. The third-order valence-electron chi connectivity index (χ3n) is 3.12. The van der Waals surface area contributed by atoms with E-state index in [1.807, 2.05) is 0 Å². The van der Waals surface area contributed by atoms with Crippen LogP contribution in [0.1, 0.15) is 24.8 Å². The van der Waals surface area contributed by atoms with Crippen molar-refractivity contribution < 1.29 is 9.50 Å². The third kappa shape index (κ3) is 1.43. The fourth-order valence-corrected chi connectivity index (χ4v) is 2.19. The minimum Gasteiger partial charge on any atom is -0.395 e. The molecule has 1 aromatic rings. The number of aliphatic hydroxyl groups excluding tert-OH is 1. The summed E-state index contributed by atoms with van der Waals surface area (Å²) in [6.45, 7) is 0.0194. The first-order valence-corrected chi connectivity index (χ1v) is 5.12. The molecule has 0 radical (unpaired) electrons. The SMILES string of the molecule is OCC1(c2ccc(Cl)cc2F)CCC1. The molecule has 0 bridgehead atoms. The molecular weight excluding hydrogens is 203 g/mol. The zero-order chi connectivity index (χ0) is 10.2. The van der Waals surface area contributed by atoms with Gasteiger partial charge in [0.05, 0.1) is 6.61 Å². The predicted octanol–water partition coefficient (Wildman–Crippen LogP) is 2.89. The van der Waals surface area contributed by atoms with Crippen LogP contribution in [0.3, 0.4) is 0 Å². The smallest absolute Gasteiger partial charge is 0.128 e. The van der Waals surface area contributed by atoms with Crippen LogP contribution in [0.4, 0.5) is 4.39 Å². The molecule has 1 aliphatic rings. The van der Waals surface area contributed by atoms with Gasteiger partial charge in [-0.15, -0.1) is 0 Å². The molecule has 0 heterocycles. The normalized spacial score (nSPS) is 19.1. The van der Waals surface area contributed by atoms with Gasteiger partial charge in [0.25, 0.3) is 0 Å². The lowest BCUT2D eigenvalue weighted by molar-refractivity contribution is 0.116. The maximum absolute atomic E-state index is 13.6. The molecule has 3 heteroatoms. The fraction of sp³-hybridized carbons (Fsp3) is 0.455. The molecule has 0 atom stereocenters. The van der Waals surface area contributed by atoms with Gasteiger partial charge in [0.2, 0.25) is 0 Å². The number of hydrogen-bond acceptors (Lipinski definition) is 1. The van der Waals surface area contributed by atoms with Crippen LogP contribution in [0.5, 0.6) is 0 Å². The van der Waals surface area contributed by atoms with Crippen LogP contribution in [-0.4, -0.2) is 11.7 Å². The van der Waals surface area contributed by atoms with Gasteiger partial charge in [0, 0.05) is 10.4 Å². The van der Waals surface area contributed by atoms with Gasteiger partial charge in [-0.25, -0.2) is 4.39 Å². The molecule has 0 aromatic heterocycles. The fourth-order valence-electron chi connectivity index (χ4n) is 2.04. The van der Waals surface area contributed by atoms with E-state index >= 15 is 0 Å². The highest BCUT2D eigenvalue weighted by Gasteiger charge is 2.39. The number of benzene rings is 1. The first-order chi connectivity index (χ1) is 6.68. The van der Waals surface area contributed by atoms with Gasteiger partial charge < -0.3 is 5.11 Å². The highest BCUT2D eigenvalue weighted by atomic mass is 35.5. The largest absolute Gasteiger partial charge is 0.395 e. The van der Waals surface area contributed by atoms with Gasteiger partial charge in [-0.2, -0.15) is 0 Å². The Hall–Kier alpha value is -0.600. The summed E-state index contributed by atoms with van der Waals surface area (Å²) in [6, 6.07) is 4.68. The molecule has 0 amide bonds. The van der Waals surface area contributed by atoms with Crippen molar-refractivity contribution in [1.29, 1.82) is 0 Å². The van der Waals surface area contributed by atoms with Crippen LogP contribution in [-0.2, 0) is 5.41 Å². The lowest BCUT2D eigenvalue weighted by Gasteiger charge is -2.40. The van der Waals surface area contributed by atoms with Crippen LogP contribution in [0.15, 0.2) is 18.2 Å². The van der Waals surface area contributed by atoms with Crippen LogP contribution in [0.25, 0.3) is 0 Å². The number of rotatable bonds is 2. The Labute approximate surface area is 87.5 Å². The molecule has 1 saturated carbocycles. The second-order valence-corrected chi connectivity index (χ2v) is 4.35. The molecule has 76 valence electrons. The summed E-state index contributed by atoms with van der Waals surface area (Å²) in [4.78, 5) is 0. The summed E-state index contributed by atoms with van der Waals surface area (Å²) in [6.07, 6.45) is 2.78. The van der Waals surface area contributed by atoms with E-state index in [9.17, 15) is 9.50 Å². The van der Waals surface area contributed by atoms with Crippen LogP contribution in [0.2, 0.25) is 5.02 Å². The van der Waals surface area contributed by atoms with Gasteiger partial charge in [-0.05, 0) is 30.5 Å². The Balaban J connectivity index is 2.40. The van der Waals surface area contributed by atoms with E-state index in [-0.39, 0.29) is 17.8 Å². The standard InChI is InChI=1S/C11H12ClFO/c12-8-2-3-9(10(13)6-8)11(7-14)4-1-5-11/h2-3,6,14H,1,4-5,7H2. The molecule has 1 fully saturated rings. The van der Waals surface area contributed by atoms with E-state index in [1.54, 1.807) is 12.1 Å². The quantitative estimate of drug-likeness (QED) is 0.803. The van der Waals surface area contributed by atoms with Crippen molar-refractivity contribution in [3.8, 4) is 0 Å². The van der Waals surface area contributed by atoms with Crippen LogP contribution in [0, 0.1) is 5.82 Å². The van der Waals surface area contributed by atoms with Gasteiger partial charge in [-0.3, -0.25) is 0 Å². The Morgan fingerprint density at radius 3 is 2.57 bits per heavy atom. The molecule has 0 saturated heterocycles. The van der Waals surface area contributed by atoms with Crippen molar-refractivity contribution in [3.05, 3.63) is 34.6 Å². The maximum atomic E-state index is 13.6. The van der Waals surface area contributed by atoms with Crippen LogP contribution >= 0.6 is 11.6 Å². The van der Waals surface area contributed by atoms with E-state index in [0.717, 1.165) is 19.3 Å². The Morgan fingerprint density at radius 1 is 1.43 bits per heavy atom. The summed E-state index contributed by atoms with van der Waals surface area (Å²) in [5.41, 5.74) is 0.268.